The number of carbonyl (C=O) groups excluding carboxylic acids is 1. The van der Waals surface area contributed by atoms with Crippen molar-refractivity contribution >= 4 is 5.91 Å². The minimum atomic E-state index is 0.0813. The van der Waals surface area contributed by atoms with Crippen molar-refractivity contribution < 1.29 is 9.53 Å². The van der Waals surface area contributed by atoms with Gasteiger partial charge in [-0.05, 0) is 41.1 Å². The van der Waals surface area contributed by atoms with E-state index in [9.17, 15) is 4.79 Å². The normalized spacial score (nSPS) is 26.0. The molecule has 0 spiro atoms. The second-order valence-electron chi connectivity index (χ2n) is 6.89. The van der Waals surface area contributed by atoms with E-state index in [0.29, 0.717) is 17.9 Å². The summed E-state index contributed by atoms with van der Waals surface area (Å²) in [6.07, 6.45) is 1.47. The topological polar surface area (TPSA) is 76.4 Å². The summed E-state index contributed by atoms with van der Waals surface area (Å²) in [6.45, 7) is 2.81. The number of likely N-dealkylation sites (tertiary alicyclic amines) is 2. The minimum absolute atomic E-state index is 0.0813. The molecule has 8 heteroatoms. The predicted molar refractivity (Wildman–Crippen MR) is 89.7 cm³/mol. The van der Waals surface area contributed by atoms with E-state index in [-0.39, 0.29) is 12.5 Å². The van der Waals surface area contributed by atoms with Crippen molar-refractivity contribution in [3.63, 3.8) is 0 Å². The van der Waals surface area contributed by atoms with Gasteiger partial charge in [0.25, 0.3) is 0 Å². The van der Waals surface area contributed by atoms with Crippen LogP contribution in [0.15, 0.2) is 30.6 Å². The van der Waals surface area contributed by atoms with Crippen LogP contribution in [0.4, 0.5) is 0 Å². The first-order chi connectivity index (χ1) is 12.2. The van der Waals surface area contributed by atoms with Gasteiger partial charge in [0.05, 0.1) is 7.11 Å². The molecule has 3 heterocycles. The van der Waals surface area contributed by atoms with Gasteiger partial charge < -0.3 is 9.64 Å². The summed E-state index contributed by atoms with van der Waals surface area (Å²) in [5, 5.41) is 10.9. The number of nitrogens with zero attached hydrogens (tertiary/aromatic N) is 6. The molecule has 0 bridgehead atoms. The number of ether oxygens (including phenoxy) is 1. The van der Waals surface area contributed by atoms with Gasteiger partial charge >= 0.3 is 0 Å². The molecule has 1 amide bonds. The van der Waals surface area contributed by atoms with Crippen molar-refractivity contribution in [1.82, 2.24) is 30.0 Å². The SMILES string of the molecule is COc1ccc([C@H]2[C@@H]3CN(C(=O)Cn4cnnn4)C[C@@H]3CN2C)cc1. The van der Waals surface area contributed by atoms with Gasteiger partial charge in [-0.15, -0.1) is 5.10 Å². The van der Waals surface area contributed by atoms with Crippen LogP contribution >= 0.6 is 0 Å². The maximum atomic E-state index is 12.5. The number of methoxy groups -OCH3 is 1. The minimum Gasteiger partial charge on any atom is -0.497 e. The van der Waals surface area contributed by atoms with Crippen LogP contribution in [-0.2, 0) is 11.3 Å². The molecule has 3 atom stereocenters. The molecule has 4 rings (SSSR count). The molecule has 2 fully saturated rings. The average molecular weight is 342 g/mol. The van der Waals surface area contributed by atoms with E-state index in [2.05, 4.69) is 39.6 Å². The van der Waals surface area contributed by atoms with Crippen molar-refractivity contribution in [2.24, 2.45) is 11.8 Å². The number of hydrogen-bond acceptors (Lipinski definition) is 6. The molecule has 132 valence electrons. The average Bonchev–Trinajstić information content (AvgIpc) is 3.31. The quantitative estimate of drug-likeness (QED) is 0.803. The summed E-state index contributed by atoms with van der Waals surface area (Å²) in [5.74, 6) is 1.91. The zero-order valence-electron chi connectivity index (χ0n) is 14.4. The van der Waals surface area contributed by atoms with E-state index in [0.717, 1.165) is 25.4 Å². The standard InChI is InChI=1S/C17H22N6O2/c1-21-7-13-8-22(16(24)10-23-11-18-19-20-23)9-15(13)17(21)12-3-5-14(25-2)6-4-12/h3-6,11,13,15,17H,7-10H2,1-2H3/t13-,15+,17-/m0/s1. The molecular formula is C17H22N6O2. The summed E-state index contributed by atoms with van der Waals surface area (Å²) in [4.78, 5) is 16.9. The molecule has 2 saturated heterocycles. The molecule has 2 aliphatic rings. The number of aromatic nitrogens is 4. The van der Waals surface area contributed by atoms with Crippen LogP contribution in [0.1, 0.15) is 11.6 Å². The first-order valence-corrected chi connectivity index (χ1v) is 8.48. The molecule has 0 saturated carbocycles. The molecule has 8 nitrogen and oxygen atoms in total. The number of tetrazole rings is 1. The second-order valence-corrected chi connectivity index (χ2v) is 6.89. The van der Waals surface area contributed by atoms with Crippen molar-refractivity contribution in [3.8, 4) is 5.75 Å². The third-order valence-electron chi connectivity index (χ3n) is 5.39. The molecule has 1 aromatic heterocycles. The molecular weight excluding hydrogens is 320 g/mol. The van der Waals surface area contributed by atoms with E-state index in [1.54, 1.807) is 7.11 Å². The van der Waals surface area contributed by atoms with Crippen molar-refractivity contribution in [2.75, 3.05) is 33.8 Å². The lowest BCUT2D eigenvalue weighted by Gasteiger charge is -2.27. The number of carbonyl (C=O) groups is 1. The molecule has 2 aliphatic heterocycles. The summed E-state index contributed by atoms with van der Waals surface area (Å²) in [5.41, 5.74) is 1.28. The maximum Gasteiger partial charge on any atom is 0.244 e. The third kappa shape index (κ3) is 2.97. The Balaban J connectivity index is 1.47. The van der Waals surface area contributed by atoms with Gasteiger partial charge in [0.1, 0.15) is 18.6 Å². The van der Waals surface area contributed by atoms with Crippen molar-refractivity contribution in [1.29, 1.82) is 0 Å². The van der Waals surface area contributed by atoms with E-state index < -0.39 is 0 Å². The van der Waals surface area contributed by atoms with E-state index in [1.807, 2.05) is 17.0 Å². The third-order valence-corrected chi connectivity index (χ3v) is 5.39. The van der Waals surface area contributed by atoms with E-state index in [4.69, 9.17) is 4.74 Å². The summed E-state index contributed by atoms with van der Waals surface area (Å²) >= 11 is 0. The Morgan fingerprint density at radius 1 is 1.24 bits per heavy atom. The number of fused-ring (bicyclic) bond motifs is 1. The fraction of sp³-hybridized carbons (Fsp3) is 0.529. The Kier molecular flexibility index (Phi) is 4.12. The first kappa shape index (κ1) is 16.0. The van der Waals surface area contributed by atoms with Gasteiger partial charge in [0, 0.05) is 31.6 Å². The molecule has 1 aromatic carbocycles. The predicted octanol–water partition coefficient (Wildman–Crippen LogP) is 0.443. The highest BCUT2D eigenvalue weighted by Crippen LogP contribution is 2.44. The summed E-state index contributed by atoms with van der Waals surface area (Å²) < 4.78 is 6.73. The van der Waals surface area contributed by atoms with Crippen LogP contribution in [-0.4, -0.2) is 69.7 Å². The summed E-state index contributed by atoms with van der Waals surface area (Å²) in [6, 6.07) is 8.61. The molecule has 25 heavy (non-hydrogen) atoms. The highest BCUT2D eigenvalue weighted by Gasteiger charge is 2.47. The van der Waals surface area contributed by atoms with E-state index in [1.165, 1.54) is 16.6 Å². The van der Waals surface area contributed by atoms with Gasteiger partial charge in [0.2, 0.25) is 5.91 Å². The van der Waals surface area contributed by atoms with Crippen LogP contribution in [0.25, 0.3) is 0 Å². The number of hydrogen-bond donors (Lipinski definition) is 0. The Bertz CT molecular complexity index is 732. The van der Waals surface area contributed by atoms with Crippen molar-refractivity contribution in [2.45, 2.75) is 12.6 Å². The summed E-state index contributed by atoms with van der Waals surface area (Å²) in [7, 11) is 3.85. The zero-order chi connectivity index (χ0) is 17.4. The number of benzene rings is 1. The van der Waals surface area contributed by atoms with Crippen LogP contribution in [0, 0.1) is 11.8 Å². The highest BCUT2D eigenvalue weighted by molar-refractivity contribution is 5.76. The number of rotatable bonds is 4. The molecule has 0 unspecified atom stereocenters. The fourth-order valence-electron chi connectivity index (χ4n) is 4.26. The lowest BCUT2D eigenvalue weighted by Crippen LogP contribution is -2.35. The van der Waals surface area contributed by atoms with E-state index >= 15 is 0 Å². The second kappa shape index (κ2) is 6.44. The van der Waals surface area contributed by atoms with Gasteiger partial charge in [0.15, 0.2) is 0 Å². The van der Waals surface area contributed by atoms with Gasteiger partial charge in [-0.25, -0.2) is 4.68 Å². The fourth-order valence-corrected chi connectivity index (χ4v) is 4.26. The largest absolute Gasteiger partial charge is 0.497 e. The van der Waals surface area contributed by atoms with Crippen LogP contribution in [0.3, 0.4) is 0 Å². The first-order valence-electron chi connectivity index (χ1n) is 8.48. The lowest BCUT2D eigenvalue weighted by atomic mass is 9.89. The van der Waals surface area contributed by atoms with Crippen molar-refractivity contribution in [3.05, 3.63) is 36.2 Å². The maximum absolute atomic E-state index is 12.5. The molecule has 2 aromatic rings. The molecule has 0 N–H and O–H groups in total. The Hall–Kier alpha value is -2.48. The van der Waals surface area contributed by atoms with Crippen LogP contribution in [0.5, 0.6) is 5.75 Å². The molecule has 0 aliphatic carbocycles. The molecule has 0 radical (unpaired) electrons. The number of amides is 1. The highest BCUT2D eigenvalue weighted by atomic mass is 16.5. The monoisotopic (exact) mass is 342 g/mol. The smallest absolute Gasteiger partial charge is 0.244 e. The zero-order valence-corrected chi connectivity index (χ0v) is 14.4. The van der Waals surface area contributed by atoms with Gasteiger partial charge in [-0.1, -0.05) is 12.1 Å². The van der Waals surface area contributed by atoms with Crippen LogP contribution < -0.4 is 4.74 Å². The van der Waals surface area contributed by atoms with Crippen LogP contribution in [0.2, 0.25) is 0 Å². The Labute approximate surface area is 146 Å². The Morgan fingerprint density at radius 3 is 2.72 bits per heavy atom. The Morgan fingerprint density at radius 2 is 2.04 bits per heavy atom. The van der Waals surface area contributed by atoms with Gasteiger partial charge in [-0.2, -0.15) is 0 Å². The lowest BCUT2D eigenvalue weighted by molar-refractivity contribution is -0.131. The van der Waals surface area contributed by atoms with Gasteiger partial charge in [-0.3, -0.25) is 9.69 Å².